The largest absolute Gasteiger partial charge is 0.476 e. The fourth-order valence-corrected chi connectivity index (χ4v) is 3.52. The average Bonchev–Trinajstić information content (AvgIpc) is 3.24. The molecule has 0 bridgehead atoms. The number of carbonyl (C=O) groups excluding carboxylic acids is 2. The summed E-state index contributed by atoms with van der Waals surface area (Å²) in [6, 6.07) is -0.191. The van der Waals surface area contributed by atoms with Crippen molar-refractivity contribution in [1.82, 2.24) is 10.3 Å². The SMILES string of the molecule is CC(=O)OC(CC(NC(=O)CCC1CC1)C(C)C)c1nc(C(=O)O)cs1. The van der Waals surface area contributed by atoms with E-state index in [1.54, 1.807) is 0 Å². The molecule has 26 heavy (non-hydrogen) atoms. The van der Waals surface area contributed by atoms with Gasteiger partial charge in [-0.3, -0.25) is 9.59 Å². The lowest BCUT2D eigenvalue weighted by Gasteiger charge is -2.26. The molecule has 0 spiro atoms. The quantitative estimate of drug-likeness (QED) is 0.602. The first-order valence-electron chi connectivity index (χ1n) is 8.91. The van der Waals surface area contributed by atoms with E-state index in [-0.39, 0.29) is 23.6 Å². The number of esters is 1. The topological polar surface area (TPSA) is 106 Å². The van der Waals surface area contributed by atoms with E-state index in [1.807, 2.05) is 13.8 Å². The van der Waals surface area contributed by atoms with Gasteiger partial charge in [0.2, 0.25) is 5.91 Å². The van der Waals surface area contributed by atoms with Gasteiger partial charge in [-0.1, -0.05) is 26.7 Å². The maximum Gasteiger partial charge on any atom is 0.355 e. The Hall–Kier alpha value is -1.96. The summed E-state index contributed by atoms with van der Waals surface area (Å²) in [7, 11) is 0. The number of aromatic nitrogens is 1. The van der Waals surface area contributed by atoms with E-state index < -0.39 is 18.0 Å². The molecule has 0 saturated heterocycles. The molecule has 2 atom stereocenters. The second kappa shape index (κ2) is 9.12. The minimum absolute atomic E-state index is 0.00235. The molecule has 144 valence electrons. The van der Waals surface area contributed by atoms with Crippen LogP contribution in [0.1, 0.15) is 74.5 Å². The summed E-state index contributed by atoms with van der Waals surface area (Å²) in [5.41, 5.74) is -0.0725. The Morgan fingerprint density at radius 3 is 2.58 bits per heavy atom. The Morgan fingerprint density at radius 2 is 2.08 bits per heavy atom. The lowest BCUT2D eigenvalue weighted by Crippen LogP contribution is -2.40. The molecule has 0 aromatic carbocycles. The van der Waals surface area contributed by atoms with Gasteiger partial charge in [-0.05, 0) is 18.3 Å². The molecule has 1 aromatic heterocycles. The summed E-state index contributed by atoms with van der Waals surface area (Å²) in [4.78, 5) is 38.8. The fraction of sp³-hybridized carbons (Fsp3) is 0.667. The van der Waals surface area contributed by atoms with E-state index in [0.717, 1.165) is 17.8 Å². The van der Waals surface area contributed by atoms with Gasteiger partial charge < -0.3 is 15.2 Å². The second-order valence-corrected chi connectivity index (χ2v) is 8.00. The Labute approximate surface area is 157 Å². The highest BCUT2D eigenvalue weighted by atomic mass is 32.1. The number of carboxylic acids is 1. The summed E-state index contributed by atoms with van der Waals surface area (Å²) in [6.07, 6.45) is 3.53. The van der Waals surface area contributed by atoms with Crippen LogP contribution in [0, 0.1) is 11.8 Å². The molecule has 1 fully saturated rings. The maximum absolute atomic E-state index is 12.2. The second-order valence-electron chi connectivity index (χ2n) is 7.11. The third-order valence-corrected chi connectivity index (χ3v) is 5.36. The molecule has 1 aliphatic carbocycles. The van der Waals surface area contributed by atoms with Gasteiger partial charge in [0.25, 0.3) is 0 Å². The van der Waals surface area contributed by atoms with Crippen molar-refractivity contribution in [2.24, 2.45) is 11.8 Å². The van der Waals surface area contributed by atoms with Crippen LogP contribution in [0.3, 0.4) is 0 Å². The molecular weight excluding hydrogens is 356 g/mol. The van der Waals surface area contributed by atoms with Crippen molar-refractivity contribution in [3.05, 3.63) is 16.1 Å². The number of aromatic carboxylic acids is 1. The number of nitrogens with one attached hydrogen (secondary N) is 1. The van der Waals surface area contributed by atoms with Gasteiger partial charge in [0.15, 0.2) is 11.8 Å². The third kappa shape index (κ3) is 6.40. The van der Waals surface area contributed by atoms with Crippen molar-refractivity contribution in [3.63, 3.8) is 0 Å². The van der Waals surface area contributed by atoms with Crippen molar-refractivity contribution in [1.29, 1.82) is 0 Å². The smallest absolute Gasteiger partial charge is 0.355 e. The molecule has 1 aromatic rings. The molecule has 2 N–H and O–H groups in total. The monoisotopic (exact) mass is 382 g/mol. The number of hydrogen-bond acceptors (Lipinski definition) is 6. The van der Waals surface area contributed by atoms with Crippen LogP contribution in [-0.4, -0.2) is 34.0 Å². The minimum Gasteiger partial charge on any atom is -0.476 e. The summed E-state index contributed by atoms with van der Waals surface area (Å²) < 4.78 is 5.36. The van der Waals surface area contributed by atoms with E-state index in [9.17, 15) is 14.4 Å². The Kier molecular flexibility index (Phi) is 7.14. The Morgan fingerprint density at radius 1 is 1.38 bits per heavy atom. The number of thiazole rings is 1. The van der Waals surface area contributed by atoms with Gasteiger partial charge in [0, 0.05) is 31.2 Å². The highest BCUT2D eigenvalue weighted by molar-refractivity contribution is 7.09. The van der Waals surface area contributed by atoms with Crippen LogP contribution in [0.15, 0.2) is 5.38 Å². The zero-order valence-electron chi connectivity index (χ0n) is 15.4. The molecule has 2 rings (SSSR count). The van der Waals surface area contributed by atoms with E-state index in [2.05, 4.69) is 10.3 Å². The predicted octanol–water partition coefficient (Wildman–Crippen LogP) is 3.17. The van der Waals surface area contributed by atoms with Crippen LogP contribution in [0.2, 0.25) is 0 Å². The first-order chi connectivity index (χ1) is 12.3. The van der Waals surface area contributed by atoms with Crippen LogP contribution in [0.25, 0.3) is 0 Å². The van der Waals surface area contributed by atoms with Crippen LogP contribution >= 0.6 is 11.3 Å². The summed E-state index contributed by atoms with van der Waals surface area (Å²) in [5.74, 6) is -0.760. The van der Waals surface area contributed by atoms with Gasteiger partial charge in [0.1, 0.15) is 5.01 Å². The number of carbonyl (C=O) groups is 3. The van der Waals surface area contributed by atoms with Gasteiger partial charge in [-0.15, -0.1) is 11.3 Å². The van der Waals surface area contributed by atoms with Crippen molar-refractivity contribution in [2.75, 3.05) is 0 Å². The van der Waals surface area contributed by atoms with Crippen LogP contribution < -0.4 is 5.32 Å². The van der Waals surface area contributed by atoms with Crippen molar-refractivity contribution in [2.45, 2.75) is 65.0 Å². The highest BCUT2D eigenvalue weighted by Crippen LogP contribution is 2.33. The third-order valence-electron chi connectivity index (χ3n) is 4.42. The zero-order chi connectivity index (χ0) is 19.3. The summed E-state index contributed by atoms with van der Waals surface area (Å²) in [5, 5.41) is 13.9. The number of rotatable bonds is 10. The van der Waals surface area contributed by atoms with E-state index >= 15 is 0 Å². The standard InChI is InChI=1S/C18H26N2O5S/c1-10(2)13(19-16(22)7-6-12-4-5-12)8-15(25-11(3)21)17-20-14(9-26-17)18(23)24/h9-10,12-13,15H,4-8H2,1-3H3,(H,19,22)(H,23,24). The van der Waals surface area contributed by atoms with Crippen molar-refractivity contribution in [3.8, 4) is 0 Å². The van der Waals surface area contributed by atoms with E-state index in [4.69, 9.17) is 9.84 Å². The van der Waals surface area contributed by atoms with Gasteiger partial charge in [0.05, 0.1) is 0 Å². The number of amides is 1. The molecule has 1 heterocycles. The molecule has 0 aliphatic heterocycles. The fourth-order valence-electron chi connectivity index (χ4n) is 2.68. The molecule has 1 saturated carbocycles. The number of hydrogen-bond donors (Lipinski definition) is 2. The summed E-state index contributed by atoms with van der Waals surface area (Å²) in [6.45, 7) is 5.28. The van der Waals surface area contributed by atoms with E-state index in [0.29, 0.717) is 23.8 Å². The average molecular weight is 382 g/mol. The predicted molar refractivity (Wildman–Crippen MR) is 96.9 cm³/mol. The lowest BCUT2D eigenvalue weighted by atomic mass is 9.97. The molecular formula is C18H26N2O5S. The normalized spacial score (nSPS) is 16.2. The highest BCUT2D eigenvalue weighted by Gasteiger charge is 2.28. The molecule has 7 nitrogen and oxygen atoms in total. The first-order valence-corrected chi connectivity index (χ1v) is 9.79. The van der Waals surface area contributed by atoms with Gasteiger partial charge in [-0.25, -0.2) is 9.78 Å². The number of ether oxygens (including phenoxy) is 1. The number of nitrogens with zero attached hydrogens (tertiary/aromatic N) is 1. The van der Waals surface area contributed by atoms with Crippen molar-refractivity contribution < 1.29 is 24.2 Å². The van der Waals surface area contributed by atoms with Gasteiger partial charge >= 0.3 is 11.9 Å². The minimum atomic E-state index is -1.12. The van der Waals surface area contributed by atoms with E-state index in [1.165, 1.54) is 25.1 Å². The van der Waals surface area contributed by atoms with Crippen LogP contribution in [0.5, 0.6) is 0 Å². The lowest BCUT2D eigenvalue weighted by molar-refractivity contribution is -0.147. The number of carboxylic acid groups (broad SMARTS) is 1. The molecule has 1 aliphatic rings. The summed E-state index contributed by atoms with van der Waals surface area (Å²) >= 11 is 1.14. The maximum atomic E-state index is 12.2. The molecule has 8 heteroatoms. The van der Waals surface area contributed by atoms with Crippen LogP contribution in [0.4, 0.5) is 0 Å². The van der Waals surface area contributed by atoms with Crippen molar-refractivity contribution >= 4 is 29.2 Å². The molecule has 0 radical (unpaired) electrons. The first kappa shape index (κ1) is 20.4. The van der Waals surface area contributed by atoms with Crippen LogP contribution in [-0.2, 0) is 14.3 Å². The Bertz CT molecular complexity index is 654. The Balaban J connectivity index is 2.04. The zero-order valence-corrected chi connectivity index (χ0v) is 16.2. The molecule has 1 amide bonds. The van der Waals surface area contributed by atoms with Gasteiger partial charge in [-0.2, -0.15) is 0 Å². The molecule has 2 unspecified atom stereocenters.